The van der Waals surface area contributed by atoms with Gasteiger partial charge in [0.25, 0.3) is 0 Å². The molecule has 0 bridgehead atoms. The number of benzene rings is 2. The van der Waals surface area contributed by atoms with Gasteiger partial charge in [-0.25, -0.2) is 18.4 Å². The highest BCUT2D eigenvalue weighted by molar-refractivity contribution is 7.98. The molecule has 2 atom stereocenters. The van der Waals surface area contributed by atoms with Crippen molar-refractivity contribution in [2.24, 2.45) is 0 Å². The Morgan fingerprint density at radius 1 is 1.22 bits per heavy atom. The van der Waals surface area contributed by atoms with Crippen LogP contribution in [0, 0.1) is 11.6 Å². The maximum atomic E-state index is 14.4. The molecule has 0 radical (unpaired) electrons. The molecule has 0 unspecified atom stereocenters. The van der Waals surface area contributed by atoms with Gasteiger partial charge in [0.1, 0.15) is 29.9 Å². The molecule has 142 valence electrons. The minimum atomic E-state index is -1.63. The predicted molar refractivity (Wildman–Crippen MR) is 101 cm³/mol. The van der Waals surface area contributed by atoms with Crippen LogP contribution in [-0.4, -0.2) is 25.1 Å². The molecule has 1 heterocycles. The third kappa shape index (κ3) is 4.71. The minimum Gasteiger partial charge on any atom is -0.382 e. The summed E-state index contributed by atoms with van der Waals surface area (Å²) in [6, 6.07) is 13.0. The van der Waals surface area contributed by atoms with Crippen LogP contribution in [-0.2, 0) is 18.7 Å². The molecule has 0 aliphatic heterocycles. The summed E-state index contributed by atoms with van der Waals surface area (Å²) in [6.45, 7) is 2.35. The van der Waals surface area contributed by atoms with Crippen LogP contribution in [0.3, 0.4) is 0 Å². The lowest BCUT2D eigenvalue weighted by molar-refractivity contribution is 0.0131. The van der Waals surface area contributed by atoms with Gasteiger partial charge in [-0.1, -0.05) is 48.3 Å². The molecule has 2 aromatic carbocycles. The van der Waals surface area contributed by atoms with Crippen molar-refractivity contribution in [2.75, 3.05) is 0 Å². The van der Waals surface area contributed by atoms with Gasteiger partial charge in [-0.05, 0) is 18.6 Å². The Bertz CT molecular complexity index is 863. The number of rotatable bonds is 8. The lowest BCUT2D eigenvalue weighted by Gasteiger charge is -2.34. The molecule has 3 rings (SSSR count). The molecule has 0 amide bonds. The SMILES string of the molecule is C[C@@H](SNCc1ccccc1)[C@](O)(Cn1cncn1)c1ccc(F)cc1F. The van der Waals surface area contributed by atoms with Crippen molar-refractivity contribution in [3.63, 3.8) is 0 Å². The van der Waals surface area contributed by atoms with Crippen LogP contribution in [0.5, 0.6) is 0 Å². The molecule has 0 saturated carbocycles. The summed E-state index contributed by atoms with van der Waals surface area (Å²) in [5, 5.41) is 14.9. The number of halogens is 2. The molecule has 2 N–H and O–H groups in total. The first kappa shape index (κ1) is 19.5. The standard InChI is InChI=1S/C19H20F2N4OS/c1-14(27-24-10-15-5-3-2-4-6-15)19(26,11-25-13-22-12-23-25)17-8-7-16(20)9-18(17)21/h2-9,12-14,24,26H,10-11H2,1H3/t14-,19-/m1/s1. The van der Waals surface area contributed by atoms with E-state index >= 15 is 0 Å². The quantitative estimate of drug-likeness (QED) is 0.578. The largest absolute Gasteiger partial charge is 0.382 e. The minimum absolute atomic E-state index is 0.0147. The fourth-order valence-electron chi connectivity index (χ4n) is 2.78. The average molecular weight is 390 g/mol. The third-order valence-corrected chi connectivity index (χ3v) is 5.37. The van der Waals surface area contributed by atoms with Gasteiger partial charge in [-0.15, -0.1) is 0 Å². The number of aliphatic hydroxyl groups is 1. The number of hydrogen-bond donors (Lipinski definition) is 2. The molecule has 0 spiro atoms. The Labute approximate surface area is 160 Å². The summed E-state index contributed by atoms with van der Waals surface area (Å²) in [6.07, 6.45) is 2.79. The van der Waals surface area contributed by atoms with E-state index in [0.717, 1.165) is 17.7 Å². The van der Waals surface area contributed by atoms with Gasteiger partial charge < -0.3 is 5.11 Å². The highest BCUT2D eigenvalue weighted by Crippen LogP contribution is 2.35. The van der Waals surface area contributed by atoms with E-state index in [1.165, 1.54) is 35.4 Å². The average Bonchev–Trinajstić information content (AvgIpc) is 3.15. The zero-order valence-corrected chi connectivity index (χ0v) is 15.5. The molecule has 3 aromatic rings. The highest BCUT2D eigenvalue weighted by atomic mass is 32.2. The van der Waals surface area contributed by atoms with Gasteiger partial charge in [0.05, 0.1) is 11.8 Å². The van der Waals surface area contributed by atoms with Gasteiger partial charge in [-0.2, -0.15) is 5.10 Å². The van der Waals surface area contributed by atoms with Crippen LogP contribution < -0.4 is 4.72 Å². The second-order valence-corrected chi connectivity index (χ2v) is 7.44. The lowest BCUT2D eigenvalue weighted by atomic mass is 9.90. The van der Waals surface area contributed by atoms with Gasteiger partial charge in [0.2, 0.25) is 0 Å². The summed E-state index contributed by atoms with van der Waals surface area (Å²) >= 11 is 1.29. The van der Waals surface area contributed by atoms with Crippen molar-refractivity contribution in [3.05, 3.63) is 83.9 Å². The molecule has 0 saturated heterocycles. The van der Waals surface area contributed by atoms with Crippen molar-refractivity contribution in [1.29, 1.82) is 0 Å². The second kappa shape index (κ2) is 8.60. The molecule has 0 aliphatic carbocycles. The number of nitrogens with one attached hydrogen (secondary N) is 1. The van der Waals surface area contributed by atoms with Gasteiger partial charge in [-0.3, -0.25) is 4.72 Å². The third-order valence-electron chi connectivity index (χ3n) is 4.32. The zero-order chi connectivity index (χ0) is 19.3. The fourth-order valence-corrected chi connectivity index (χ4v) is 3.67. The van der Waals surface area contributed by atoms with Crippen LogP contribution in [0.25, 0.3) is 0 Å². The van der Waals surface area contributed by atoms with E-state index < -0.39 is 22.5 Å². The van der Waals surface area contributed by atoms with E-state index in [1.54, 1.807) is 6.92 Å². The smallest absolute Gasteiger partial charge is 0.137 e. The number of hydrogen-bond acceptors (Lipinski definition) is 5. The zero-order valence-electron chi connectivity index (χ0n) is 14.7. The first-order valence-corrected chi connectivity index (χ1v) is 9.30. The maximum Gasteiger partial charge on any atom is 0.137 e. The maximum absolute atomic E-state index is 14.4. The van der Waals surface area contributed by atoms with Crippen LogP contribution in [0.15, 0.2) is 61.2 Å². The topological polar surface area (TPSA) is 63.0 Å². The molecule has 0 aliphatic rings. The monoisotopic (exact) mass is 390 g/mol. The van der Waals surface area contributed by atoms with Crippen molar-refractivity contribution >= 4 is 11.9 Å². The summed E-state index contributed by atoms with van der Waals surface area (Å²) in [5.41, 5.74) is -0.522. The van der Waals surface area contributed by atoms with E-state index in [2.05, 4.69) is 14.8 Å². The molecular formula is C19H20F2N4OS. The Kier molecular flexibility index (Phi) is 6.20. The van der Waals surface area contributed by atoms with Gasteiger partial charge >= 0.3 is 0 Å². The molecule has 27 heavy (non-hydrogen) atoms. The summed E-state index contributed by atoms with van der Waals surface area (Å²) in [4.78, 5) is 3.86. The highest BCUT2D eigenvalue weighted by Gasteiger charge is 2.39. The molecular weight excluding hydrogens is 370 g/mol. The van der Waals surface area contributed by atoms with E-state index in [1.807, 2.05) is 30.3 Å². The first-order valence-electron chi connectivity index (χ1n) is 8.42. The van der Waals surface area contributed by atoms with Crippen LogP contribution in [0.4, 0.5) is 8.78 Å². The van der Waals surface area contributed by atoms with Crippen LogP contribution in [0.1, 0.15) is 18.1 Å². The van der Waals surface area contributed by atoms with Crippen molar-refractivity contribution in [2.45, 2.75) is 30.9 Å². The molecule has 1 aromatic heterocycles. The Hall–Kier alpha value is -2.29. The van der Waals surface area contributed by atoms with Crippen molar-refractivity contribution < 1.29 is 13.9 Å². The van der Waals surface area contributed by atoms with Crippen molar-refractivity contribution in [3.8, 4) is 0 Å². The molecule has 5 nitrogen and oxygen atoms in total. The number of nitrogens with zero attached hydrogens (tertiary/aromatic N) is 3. The van der Waals surface area contributed by atoms with Gasteiger partial charge in [0.15, 0.2) is 0 Å². The lowest BCUT2D eigenvalue weighted by Crippen LogP contribution is -2.42. The second-order valence-electron chi connectivity index (χ2n) is 6.21. The van der Waals surface area contributed by atoms with E-state index in [0.29, 0.717) is 6.54 Å². The molecule has 0 fully saturated rings. The Balaban J connectivity index is 1.80. The Morgan fingerprint density at radius 2 is 2.00 bits per heavy atom. The van der Waals surface area contributed by atoms with Crippen molar-refractivity contribution in [1.82, 2.24) is 19.5 Å². The normalized spacial score (nSPS) is 14.7. The van der Waals surface area contributed by atoms with E-state index in [9.17, 15) is 13.9 Å². The Morgan fingerprint density at radius 3 is 2.67 bits per heavy atom. The van der Waals surface area contributed by atoms with Crippen LogP contribution in [0.2, 0.25) is 0 Å². The summed E-state index contributed by atoms with van der Waals surface area (Å²) in [5.74, 6) is -1.49. The number of aromatic nitrogens is 3. The fraction of sp³-hybridized carbons (Fsp3) is 0.263. The molecule has 8 heteroatoms. The van der Waals surface area contributed by atoms with E-state index in [4.69, 9.17) is 0 Å². The van der Waals surface area contributed by atoms with E-state index in [-0.39, 0.29) is 12.1 Å². The van der Waals surface area contributed by atoms with Gasteiger partial charge in [0, 0.05) is 18.2 Å². The summed E-state index contributed by atoms with van der Waals surface area (Å²) < 4.78 is 32.4. The summed E-state index contributed by atoms with van der Waals surface area (Å²) in [7, 11) is 0. The first-order chi connectivity index (χ1) is 13.0. The predicted octanol–water partition coefficient (Wildman–Crippen LogP) is 3.27. The van der Waals surface area contributed by atoms with Crippen LogP contribution >= 0.6 is 11.9 Å².